The van der Waals surface area contributed by atoms with Crippen LogP contribution in [0.15, 0.2) is 22.8 Å². The number of hydrogen-bond donors (Lipinski definition) is 1. The van der Waals surface area contributed by atoms with Gasteiger partial charge in [0.1, 0.15) is 5.82 Å². The monoisotopic (exact) mass is 237 g/mol. The lowest BCUT2D eigenvalue weighted by Gasteiger charge is -2.24. The van der Waals surface area contributed by atoms with Crippen molar-refractivity contribution in [3.8, 4) is 0 Å². The van der Waals surface area contributed by atoms with Gasteiger partial charge < -0.3 is 9.73 Å². The SMILES string of the molecule is Fc1cc(F)c2occc2c1C1CCCCN1. The lowest BCUT2D eigenvalue weighted by atomic mass is 9.94. The summed E-state index contributed by atoms with van der Waals surface area (Å²) in [7, 11) is 0. The summed E-state index contributed by atoms with van der Waals surface area (Å²) in [6.45, 7) is 0.876. The van der Waals surface area contributed by atoms with E-state index in [4.69, 9.17) is 4.42 Å². The zero-order valence-corrected chi connectivity index (χ0v) is 9.30. The van der Waals surface area contributed by atoms with Gasteiger partial charge >= 0.3 is 0 Å². The first-order chi connectivity index (χ1) is 8.27. The highest BCUT2D eigenvalue weighted by molar-refractivity contribution is 5.82. The molecular formula is C13H13F2NO. The van der Waals surface area contributed by atoms with Crippen LogP contribution in [-0.2, 0) is 0 Å². The Kier molecular flexibility index (Phi) is 2.59. The molecule has 90 valence electrons. The van der Waals surface area contributed by atoms with Gasteiger partial charge in [0.05, 0.1) is 6.26 Å². The Labute approximate surface area is 97.6 Å². The zero-order chi connectivity index (χ0) is 11.8. The summed E-state index contributed by atoms with van der Waals surface area (Å²) in [6, 6.07) is 2.51. The van der Waals surface area contributed by atoms with Crippen LogP contribution in [0.3, 0.4) is 0 Å². The van der Waals surface area contributed by atoms with Crippen molar-refractivity contribution >= 4 is 11.0 Å². The average Bonchev–Trinajstić information content (AvgIpc) is 2.79. The van der Waals surface area contributed by atoms with E-state index in [1.165, 1.54) is 6.26 Å². The van der Waals surface area contributed by atoms with Gasteiger partial charge in [-0.25, -0.2) is 8.78 Å². The Morgan fingerprint density at radius 2 is 2.12 bits per heavy atom. The van der Waals surface area contributed by atoms with E-state index in [-0.39, 0.29) is 11.6 Å². The van der Waals surface area contributed by atoms with Crippen LogP contribution >= 0.6 is 0 Å². The molecule has 1 aliphatic rings. The van der Waals surface area contributed by atoms with E-state index in [9.17, 15) is 8.78 Å². The average molecular weight is 237 g/mol. The van der Waals surface area contributed by atoms with Crippen LogP contribution in [0, 0.1) is 11.6 Å². The van der Waals surface area contributed by atoms with Crippen LogP contribution < -0.4 is 5.32 Å². The van der Waals surface area contributed by atoms with Crippen LogP contribution in [0.1, 0.15) is 30.9 Å². The fourth-order valence-corrected chi connectivity index (χ4v) is 2.54. The van der Waals surface area contributed by atoms with E-state index in [2.05, 4.69) is 5.32 Å². The van der Waals surface area contributed by atoms with Crippen LogP contribution in [0.2, 0.25) is 0 Å². The fraction of sp³-hybridized carbons (Fsp3) is 0.385. The van der Waals surface area contributed by atoms with Crippen molar-refractivity contribution in [2.24, 2.45) is 0 Å². The quantitative estimate of drug-likeness (QED) is 0.820. The van der Waals surface area contributed by atoms with E-state index in [1.54, 1.807) is 6.07 Å². The summed E-state index contributed by atoms with van der Waals surface area (Å²) in [4.78, 5) is 0. The van der Waals surface area contributed by atoms with Gasteiger partial charge in [0, 0.05) is 23.1 Å². The summed E-state index contributed by atoms with van der Waals surface area (Å²) in [5, 5.41) is 3.82. The summed E-state index contributed by atoms with van der Waals surface area (Å²) >= 11 is 0. The van der Waals surface area contributed by atoms with Crippen LogP contribution in [-0.4, -0.2) is 6.54 Å². The van der Waals surface area contributed by atoms with E-state index < -0.39 is 11.6 Å². The number of rotatable bonds is 1. The lowest BCUT2D eigenvalue weighted by molar-refractivity contribution is 0.401. The van der Waals surface area contributed by atoms with Crippen molar-refractivity contribution in [3.05, 3.63) is 35.6 Å². The minimum atomic E-state index is -0.637. The molecule has 1 atom stereocenters. The maximum Gasteiger partial charge on any atom is 0.170 e. The summed E-state index contributed by atoms with van der Waals surface area (Å²) in [5.41, 5.74) is 0.684. The first kappa shape index (κ1) is 10.7. The molecule has 2 nitrogen and oxygen atoms in total. The Morgan fingerprint density at radius 3 is 2.88 bits per heavy atom. The summed E-state index contributed by atoms with van der Waals surface area (Å²) in [6.07, 6.45) is 4.45. The second kappa shape index (κ2) is 4.11. The Morgan fingerprint density at radius 1 is 1.24 bits per heavy atom. The molecule has 0 bridgehead atoms. The van der Waals surface area contributed by atoms with Crippen molar-refractivity contribution in [2.75, 3.05) is 6.54 Å². The summed E-state index contributed by atoms with van der Waals surface area (Å²) < 4.78 is 32.5. The molecule has 2 heterocycles. The molecule has 1 aromatic carbocycles. The molecule has 0 radical (unpaired) electrons. The number of furan rings is 1. The molecular weight excluding hydrogens is 224 g/mol. The van der Waals surface area contributed by atoms with Crippen molar-refractivity contribution in [1.29, 1.82) is 0 Å². The van der Waals surface area contributed by atoms with Gasteiger partial charge in [0.25, 0.3) is 0 Å². The Hall–Kier alpha value is -1.42. The van der Waals surface area contributed by atoms with E-state index in [0.717, 1.165) is 31.9 Å². The van der Waals surface area contributed by atoms with E-state index >= 15 is 0 Å². The molecule has 2 aromatic rings. The molecule has 4 heteroatoms. The van der Waals surface area contributed by atoms with Gasteiger partial charge in [0.15, 0.2) is 11.4 Å². The lowest BCUT2D eigenvalue weighted by Crippen LogP contribution is -2.27. The topological polar surface area (TPSA) is 25.2 Å². The number of fused-ring (bicyclic) bond motifs is 1. The normalized spacial score (nSPS) is 20.9. The van der Waals surface area contributed by atoms with Crippen LogP contribution in [0.25, 0.3) is 11.0 Å². The van der Waals surface area contributed by atoms with Gasteiger partial charge in [-0.1, -0.05) is 6.42 Å². The number of piperidine rings is 1. The van der Waals surface area contributed by atoms with Gasteiger partial charge in [0.2, 0.25) is 0 Å². The minimum absolute atomic E-state index is 0.0375. The zero-order valence-electron chi connectivity index (χ0n) is 9.30. The van der Waals surface area contributed by atoms with Gasteiger partial charge in [-0.05, 0) is 25.5 Å². The summed E-state index contributed by atoms with van der Waals surface area (Å²) in [5.74, 6) is -1.13. The highest BCUT2D eigenvalue weighted by Crippen LogP contribution is 2.33. The third kappa shape index (κ3) is 1.72. The predicted molar refractivity (Wildman–Crippen MR) is 60.7 cm³/mol. The van der Waals surface area contributed by atoms with Crippen LogP contribution in [0.4, 0.5) is 8.78 Å². The fourth-order valence-electron chi connectivity index (χ4n) is 2.54. The smallest absolute Gasteiger partial charge is 0.170 e. The van der Waals surface area contributed by atoms with Crippen molar-refractivity contribution in [1.82, 2.24) is 5.32 Å². The van der Waals surface area contributed by atoms with Gasteiger partial charge in [-0.15, -0.1) is 0 Å². The first-order valence-electron chi connectivity index (χ1n) is 5.86. The third-order valence-corrected chi connectivity index (χ3v) is 3.34. The largest absolute Gasteiger partial charge is 0.461 e. The molecule has 17 heavy (non-hydrogen) atoms. The van der Waals surface area contributed by atoms with Crippen molar-refractivity contribution < 1.29 is 13.2 Å². The third-order valence-electron chi connectivity index (χ3n) is 3.34. The molecule has 3 rings (SSSR count). The molecule has 1 aliphatic heterocycles. The molecule has 1 saturated heterocycles. The van der Waals surface area contributed by atoms with Crippen LogP contribution in [0.5, 0.6) is 0 Å². The highest BCUT2D eigenvalue weighted by atomic mass is 19.1. The molecule has 0 aliphatic carbocycles. The minimum Gasteiger partial charge on any atom is -0.461 e. The van der Waals surface area contributed by atoms with Gasteiger partial charge in [-0.3, -0.25) is 0 Å². The Balaban J connectivity index is 2.16. The molecule has 0 amide bonds. The number of hydrogen-bond acceptors (Lipinski definition) is 2. The molecule has 1 aromatic heterocycles. The maximum absolute atomic E-state index is 13.9. The van der Waals surface area contributed by atoms with Crippen molar-refractivity contribution in [3.63, 3.8) is 0 Å². The second-order valence-corrected chi connectivity index (χ2v) is 4.42. The molecule has 0 saturated carbocycles. The predicted octanol–water partition coefficient (Wildman–Crippen LogP) is 3.53. The van der Waals surface area contributed by atoms with Crippen molar-refractivity contribution in [2.45, 2.75) is 25.3 Å². The highest BCUT2D eigenvalue weighted by Gasteiger charge is 2.23. The van der Waals surface area contributed by atoms with E-state index in [0.29, 0.717) is 10.9 Å². The number of halogens is 2. The molecule has 1 fully saturated rings. The standard InChI is InChI=1S/C13H13F2NO/c14-9-7-10(15)13-8(4-6-17-13)12(9)11-3-1-2-5-16-11/h4,6-7,11,16H,1-3,5H2. The number of nitrogens with one attached hydrogen (secondary N) is 1. The maximum atomic E-state index is 13.9. The molecule has 1 unspecified atom stereocenters. The first-order valence-corrected chi connectivity index (χ1v) is 5.86. The Bertz CT molecular complexity index is 544. The number of benzene rings is 1. The molecule has 0 spiro atoms. The second-order valence-electron chi connectivity index (χ2n) is 4.42. The van der Waals surface area contributed by atoms with E-state index in [1.807, 2.05) is 0 Å². The van der Waals surface area contributed by atoms with Gasteiger partial charge in [-0.2, -0.15) is 0 Å². The molecule has 1 N–H and O–H groups in total.